The molecular weight excluding hydrogens is 252 g/mol. The minimum absolute atomic E-state index is 0.0490. The minimum atomic E-state index is -0.349. The molecule has 20 heavy (non-hydrogen) atoms. The van der Waals surface area contributed by atoms with Gasteiger partial charge in [0.25, 0.3) is 0 Å². The van der Waals surface area contributed by atoms with Crippen molar-refractivity contribution in [2.75, 3.05) is 0 Å². The van der Waals surface area contributed by atoms with Gasteiger partial charge >= 0.3 is 0 Å². The molecule has 116 valence electrons. The molecular formula is C16H30N2O2. The van der Waals surface area contributed by atoms with E-state index in [-0.39, 0.29) is 35.1 Å². The fourth-order valence-electron chi connectivity index (χ4n) is 2.72. The zero-order valence-electron chi connectivity index (χ0n) is 13.5. The van der Waals surface area contributed by atoms with Crippen molar-refractivity contribution in [3.05, 3.63) is 0 Å². The van der Waals surface area contributed by atoms with Crippen LogP contribution in [0.5, 0.6) is 0 Å². The van der Waals surface area contributed by atoms with Crippen LogP contribution in [-0.2, 0) is 9.59 Å². The lowest BCUT2D eigenvalue weighted by molar-refractivity contribution is -0.136. The van der Waals surface area contributed by atoms with E-state index in [0.29, 0.717) is 0 Å². The highest BCUT2D eigenvalue weighted by molar-refractivity contribution is 5.87. The van der Waals surface area contributed by atoms with Gasteiger partial charge in [0.05, 0.1) is 5.92 Å². The first-order chi connectivity index (χ1) is 9.11. The number of hydrogen-bond donors (Lipinski definition) is 2. The molecule has 0 bridgehead atoms. The van der Waals surface area contributed by atoms with Gasteiger partial charge in [-0.1, -0.05) is 26.7 Å². The zero-order chi connectivity index (χ0) is 15.5. The van der Waals surface area contributed by atoms with Gasteiger partial charge in [-0.25, -0.2) is 0 Å². The molecule has 1 unspecified atom stereocenters. The number of carbonyl (C=O) groups excluding carboxylic acids is 2. The summed E-state index contributed by atoms with van der Waals surface area (Å²) in [4.78, 5) is 24.3. The molecule has 1 aliphatic rings. The summed E-state index contributed by atoms with van der Waals surface area (Å²) in [6.45, 7) is 9.82. The lowest BCUT2D eigenvalue weighted by atomic mass is 9.79. The summed E-state index contributed by atoms with van der Waals surface area (Å²) < 4.78 is 0. The molecule has 0 aromatic carbocycles. The number of nitrogens with two attached hydrogens (primary N) is 1. The van der Waals surface area contributed by atoms with Crippen molar-refractivity contribution in [1.29, 1.82) is 0 Å². The van der Waals surface area contributed by atoms with Crippen LogP contribution in [0.3, 0.4) is 0 Å². The van der Waals surface area contributed by atoms with Gasteiger partial charge in [0.15, 0.2) is 0 Å². The normalized spacial score (nSPS) is 18.7. The Bertz CT molecular complexity index is 354. The van der Waals surface area contributed by atoms with Crippen molar-refractivity contribution >= 4 is 11.8 Å². The summed E-state index contributed by atoms with van der Waals surface area (Å²) in [5.41, 5.74) is 5.28. The summed E-state index contributed by atoms with van der Waals surface area (Å²) in [5.74, 6) is -0.215. The summed E-state index contributed by atoms with van der Waals surface area (Å²) in [6, 6.07) is 0. The maximum Gasteiger partial charge on any atom is 0.224 e. The number of nitrogens with one attached hydrogen (secondary N) is 1. The highest BCUT2D eigenvalue weighted by Gasteiger charge is 2.37. The van der Waals surface area contributed by atoms with E-state index in [4.69, 9.17) is 5.73 Å². The number of rotatable bonds is 7. The first-order valence-corrected chi connectivity index (χ1v) is 7.73. The molecule has 0 aromatic rings. The quantitative estimate of drug-likeness (QED) is 0.753. The summed E-state index contributed by atoms with van der Waals surface area (Å²) >= 11 is 0. The molecule has 3 N–H and O–H groups in total. The van der Waals surface area contributed by atoms with Gasteiger partial charge in [-0.3, -0.25) is 9.59 Å². The fourth-order valence-corrected chi connectivity index (χ4v) is 2.72. The van der Waals surface area contributed by atoms with Crippen molar-refractivity contribution in [2.45, 2.75) is 65.8 Å². The Morgan fingerprint density at radius 1 is 1.25 bits per heavy atom. The van der Waals surface area contributed by atoms with Crippen LogP contribution in [0.4, 0.5) is 0 Å². The topological polar surface area (TPSA) is 72.2 Å². The van der Waals surface area contributed by atoms with E-state index in [1.807, 2.05) is 34.6 Å². The summed E-state index contributed by atoms with van der Waals surface area (Å²) in [7, 11) is 0. The third kappa shape index (κ3) is 5.51. The molecule has 4 nitrogen and oxygen atoms in total. The van der Waals surface area contributed by atoms with Crippen LogP contribution < -0.4 is 11.1 Å². The Morgan fingerprint density at radius 3 is 2.15 bits per heavy atom. The summed E-state index contributed by atoms with van der Waals surface area (Å²) in [6.07, 6.45) is 4.26. The molecule has 0 spiro atoms. The standard InChI is InChI=1S/C16H30N2O2/c1-10(2)13(15(20)18-16(3,4)5)12(14(17)19)9-8-11-6-7-11/h10-13H,6-9H2,1-5H3,(H2,17,19)(H,18,20)/t12-,13?/m0/s1. The number of primary amides is 1. The second-order valence-corrected chi connectivity index (χ2v) is 7.54. The third-order valence-corrected chi connectivity index (χ3v) is 3.90. The van der Waals surface area contributed by atoms with Gasteiger partial charge in [0.1, 0.15) is 0 Å². The van der Waals surface area contributed by atoms with Gasteiger partial charge in [0.2, 0.25) is 11.8 Å². The maximum absolute atomic E-state index is 12.5. The van der Waals surface area contributed by atoms with E-state index < -0.39 is 0 Å². The van der Waals surface area contributed by atoms with Crippen LogP contribution in [0, 0.1) is 23.7 Å². The van der Waals surface area contributed by atoms with Crippen LogP contribution in [-0.4, -0.2) is 17.4 Å². The van der Waals surface area contributed by atoms with Crippen LogP contribution in [0.25, 0.3) is 0 Å². The van der Waals surface area contributed by atoms with E-state index in [2.05, 4.69) is 5.32 Å². The third-order valence-electron chi connectivity index (χ3n) is 3.90. The highest BCUT2D eigenvalue weighted by atomic mass is 16.2. The second-order valence-electron chi connectivity index (χ2n) is 7.54. The van der Waals surface area contributed by atoms with Crippen molar-refractivity contribution in [1.82, 2.24) is 5.32 Å². The van der Waals surface area contributed by atoms with Gasteiger partial charge in [-0.15, -0.1) is 0 Å². The van der Waals surface area contributed by atoms with Crippen molar-refractivity contribution in [3.63, 3.8) is 0 Å². The molecule has 0 saturated heterocycles. The smallest absolute Gasteiger partial charge is 0.224 e. The largest absolute Gasteiger partial charge is 0.369 e. The van der Waals surface area contributed by atoms with Gasteiger partial charge in [-0.05, 0) is 45.4 Å². The average molecular weight is 282 g/mol. The monoisotopic (exact) mass is 282 g/mol. The lowest BCUT2D eigenvalue weighted by Crippen LogP contribution is -2.49. The Kier molecular flexibility index (Phi) is 5.60. The summed E-state index contributed by atoms with van der Waals surface area (Å²) in [5, 5.41) is 2.99. The molecule has 2 amide bonds. The van der Waals surface area contributed by atoms with Crippen LogP contribution in [0.15, 0.2) is 0 Å². The highest BCUT2D eigenvalue weighted by Crippen LogP contribution is 2.37. The number of amides is 2. The Hall–Kier alpha value is -1.06. The Balaban J connectivity index is 2.77. The molecule has 4 heteroatoms. The molecule has 0 aromatic heterocycles. The van der Waals surface area contributed by atoms with Crippen molar-refractivity contribution in [2.24, 2.45) is 29.4 Å². The van der Waals surface area contributed by atoms with Crippen molar-refractivity contribution in [3.8, 4) is 0 Å². The molecule has 2 atom stereocenters. The van der Waals surface area contributed by atoms with Crippen molar-refractivity contribution < 1.29 is 9.59 Å². The molecule has 1 rings (SSSR count). The van der Waals surface area contributed by atoms with E-state index in [0.717, 1.165) is 18.8 Å². The van der Waals surface area contributed by atoms with Gasteiger partial charge < -0.3 is 11.1 Å². The number of carbonyl (C=O) groups is 2. The Labute approximate surface area is 122 Å². The molecule has 0 aliphatic heterocycles. The first kappa shape index (κ1) is 17.0. The molecule has 0 radical (unpaired) electrons. The van der Waals surface area contributed by atoms with Gasteiger partial charge in [0, 0.05) is 11.5 Å². The van der Waals surface area contributed by atoms with Crippen LogP contribution >= 0.6 is 0 Å². The van der Waals surface area contributed by atoms with E-state index >= 15 is 0 Å². The molecule has 0 heterocycles. The first-order valence-electron chi connectivity index (χ1n) is 7.73. The lowest BCUT2D eigenvalue weighted by Gasteiger charge is -2.31. The van der Waals surface area contributed by atoms with E-state index in [1.165, 1.54) is 12.8 Å². The SMILES string of the molecule is CC(C)C(C(=O)NC(C)(C)C)[C@H](CCC1CC1)C(N)=O. The predicted octanol–water partition coefficient (Wildman–Crippen LogP) is 2.46. The van der Waals surface area contributed by atoms with Crippen LogP contribution in [0.1, 0.15) is 60.3 Å². The van der Waals surface area contributed by atoms with E-state index in [9.17, 15) is 9.59 Å². The Morgan fingerprint density at radius 2 is 1.80 bits per heavy atom. The second kappa shape index (κ2) is 6.59. The average Bonchev–Trinajstić information content (AvgIpc) is 3.03. The van der Waals surface area contributed by atoms with E-state index in [1.54, 1.807) is 0 Å². The minimum Gasteiger partial charge on any atom is -0.369 e. The van der Waals surface area contributed by atoms with Crippen LogP contribution in [0.2, 0.25) is 0 Å². The van der Waals surface area contributed by atoms with Gasteiger partial charge in [-0.2, -0.15) is 0 Å². The molecule has 1 aliphatic carbocycles. The zero-order valence-corrected chi connectivity index (χ0v) is 13.5. The molecule has 1 fully saturated rings. The predicted molar refractivity (Wildman–Crippen MR) is 80.9 cm³/mol. The maximum atomic E-state index is 12.5. The molecule has 1 saturated carbocycles. The number of hydrogen-bond acceptors (Lipinski definition) is 2. The fraction of sp³-hybridized carbons (Fsp3) is 0.875.